The maximum atomic E-state index is 11.1. The van der Waals surface area contributed by atoms with Gasteiger partial charge in [-0.05, 0) is 16.8 Å². The van der Waals surface area contributed by atoms with Crippen LogP contribution in [-0.4, -0.2) is 22.2 Å². The Morgan fingerprint density at radius 3 is 2.12 bits per heavy atom. The van der Waals surface area contributed by atoms with E-state index in [1.54, 1.807) is 30.3 Å². The van der Waals surface area contributed by atoms with Crippen LogP contribution < -0.4 is 0 Å². The van der Waals surface area contributed by atoms with Gasteiger partial charge in [-0.15, -0.1) is 0 Å². The van der Waals surface area contributed by atoms with E-state index in [9.17, 15) is 9.59 Å². The van der Waals surface area contributed by atoms with Crippen molar-refractivity contribution in [3.05, 3.63) is 47.5 Å². The third-order valence-corrected chi connectivity index (χ3v) is 2.37. The van der Waals surface area contributed by atoms with E-state index in [0.717, 1.165) is 0 Å². The summed E-state index contributed by atoms with van der Waals surface area (Å²) in [5.41, 5.74) is -0.350. The Balaban J connectivity index is 0.00000144. The Hall–Kier alpha value is -1.42. The van der Waals surface area contributed by atoms with Gasteiger partial charge in [-0.2, -0.15) is 0 Å². The molecule has 0 radical (unpaired) electrons. The van der Waals surface area contributed by atoms with Crippen molar-refractivity contribution in [3.8, 4) is 0 Å². The van der Waals surface area contributed by atoms with Crippen LogP contribution in [0.5, 0.6) is 0 Å². The Bertz CT molecular complexity index is 592. The molecule has 17 heavy (non-hydrogen) atoms. The summed E-state index contributed by atoms with van der Waals surface area (Å²) in [6.45, 7) is 0. The molecular weight excluding hydrogens is 409 g/mol. The molecule has 2 N–H and O–H groups in total. The van der Waals surface area contributed by atoms with Crippen molar-refractivity contribution in [2.24, 2.45) is 0 Å². The second-order valence-electron chi connectivity index (χ2n) is 3.32. The van der Waals surface area contributed by atoms with Crippen LogP contribution in [-0.2, 0) is 27.7 Å². The summed E-state index contributed by atoms with van der Waals surface area (Å²) < 4.78 is 0. The van der Waals surface area contributed by atoms with Gasteiger partial charge in [0, 0.05) is 27.7 Å². The molecule has 0 heterocycles. The molecule has 0 unspecified atom stereocenters. The average molecular weight is 417 g/mol. The van der Waals surface area contributed by atoms with Crippen molar-refractivity contribution >= 4 is 22.7 Å². The molecule has 0 aliphatic carbocycles. The van der Waals surface area contributed by atoms with E-state index >= 15 is 0 Å². The van der Waals surface area contributed by atoms with Gasteiger partial charge in [-0.3, -0.25) is 0 Å². The molecule has 0 aliphatic heterocycles. The number of rotatable bonds is 2. The van der Waals surface area contributed by atoms with Crippen molar-refractivity contribution < 1.29 is 47.5 Å². The van der Waals surface area contributed by atoms with Crippen molar-refractivity contribution in [3.63, 3.8) is 0 Å². The van der Waals surface area contributed by atoms with Gasteiger partial charge in [0.25, 0.3) is 0 Å². The zero-order valence-electron chi connectivity index (χ0n) is 8.88. The van der Waals surface area contributed by atoms with Gasteiger partial charge in [0.2, 0.25) is 0 Å². The topological polar surface area (TPSA) is 74.6 Å². The molecule has 0 amide bonds. The van der Waals surface area contributed by atoms with Crippen LogP contribution in [0.15, 0.2) is 36.4 Å². The fourth-order valence-electron chi connectivity index (χ4n) is 1.68. The summed E-state index contributed by atoms with van der Waals surface area (Å²) in [7, 11) is 0. The minimum atomic E-state index is -1.23. The number of carboxylic acid groups (broad SMARTS) is 2. The van der Waals surface area contributed by atoms with Gasteiger partial charge < -0.3 is 10.2 Å². The maximum absolute atomic E-state index is 11.1. The zero-order valence-corrected chi connectivity index (χ0v) is 14.4. The third kappa shape index (κ3) is 2.47. The Kier molecular flexibility index (Phi) is 4.23. The summed E-state index contributed by atoms with van der Waals surface area (Å²) in [6.07, 6.45) is 0. The largest absolute Gasteiger partial charge is 0.478 e. The van der Waals surface area contributed by atoms with Crippen LogP contribution in [0.25, 0.3) is 10.8 Å². The van der Waals surface area contributed by atoms with E-state index in [1.165, 1.54) is 6.07 Å². The molecule has 2 rings (SSSR count). The molecule has 0 saturated heterocycles. The number of hydrogen-bond donors (Lipinski definition) is 2. The van der Waals surface area contributed by atoms with E-state index in [-0.39, 0.29) is 38.8 Å². The van der Waals surface area contributed by atoms with Crippen LogP contribution >= 0.6 is 0 Å². The average Bonchev–Trinajstić information content (AvgIpc) is 2.27. The summed E-state index contributed by atoms with van der Waals surface area (Å²) in [4.78, 5) is 22.0. The summed E-state index contributed by atoms with van der Waals surface area (Å²) in [5, 5.41) is 19.1. The molecule has 0 aromatic heterocycles. The molecule has 82 valence electrons. The van der Waals surface area contributed by atoms with Crippen molar-refractivity contribution in [2.75, 3.05) is 0 Å². The first kappa shape index (κ1) is 13.6. The number of carbonyl (C=O) groups is 2. The molecule has 0 saturated carbocycles. The van der Waals surface area contributed by atoms with Crippen LogP contribution in [0.3, 0.4) is 0 Å². The van der Waals surface area contributed by atoms with Crippen molar-refractivity contribution in [1.82, 2.24) is 0 Å². The molecular formula is C12H8HgO4. The smallest absolute Gasteiger partial charge is 0.337 e. The van der Waals surface area contributed by atoms with Crippen LogP contribution in [0, 0.1) is 0 Å². The monoisotopic (exact) mass is 418 g/mol. The van der Waals surface area contributed by atoms with E-state index in [1.807, 2.05) is 0 Å². The minimum Gasteiger partial charge on any atom is -0.478 e. The van der Waals surface area contributed by atoms with Gasteiger partial charge >= 0.3 is 11.9 Å². The molecule has 0 bridgehead atoms. The Morgan fingerprint density at radius 2 is 1.53 bits per heavy atom. The van der Waals surface area contributed by atoms with Crippen LogP contribution in [0.2, 0.25) is 0 Å². The van der Waals surface area contributed by atoms with Gasteiger partial charge in [-0.25, -0.2) is 9.59 Å². The first-order chi connectivity index (χ1) is 7.61. The number of fused-ring (bicyclic) bond motifs is 1. The summed E-state index contributed by atoms with van der Waals surface area (Å²) in [5.74, 6) is -2.46. The van der Waals surface area contributed by atoms with E-state index in [2.05, 4.69) is 0 Å². The second kappa shape index (κ2) is 5.27. The predicted molar refractivity (Wildman–Crippen MR) is 57.9 cm³/mol. The third-order valence-electron chi connectivity index (χ3n) is 2.37. The molecule has 0 fully saturated rings. The minimum absolute atomic E-state index is 0. The number of benzene rings is 2. The van der Waals surface area contributed by atoms with E-state index in [0.29, 0.717) is 10.8 Å². The summed E-state index contributed by atoms with van der Waals surface area (Å²) in [6, 6.07) is 9.72. The van der Waals surface area contributed by atoms with E-state index < -0.39 is 11.9 Å². The first-order valence-electron chi connectivity index (χ1n) is 4.59. The molecule has 0 spiro atoms. The molecule has 0 atom stereocenters. The van der Waals surface area contributed by atoms with Crippen LogP contribution in [0.1, 0.15) is 20.7 Å². The normalized spacial score (nSPS) is 9.65. The Morgan fingerprint density at radius 1 is 0.882 bits per heavy atom. The fourth-order valence-corrected chi connectivity index (χ4v) is 1.68. The molecule has 0 aliphatic rings. The number of aromatic carboxylic acids is 2. The number of carboxylic acids is 2. The summed E-state index contributed by atoms with van der Waals surface area (Å²) >= 11 is 0. The van der Waals surface area contributed by atoms with Gasteiger partial charge in [0.1, 0.15) is 0 Å². The SMILES string of the molecule is O=C(O)c1ccc2ccccc2c1C(=O)O.[Hg]. The van der Waals surface area contributed by atoms with E-state index in [4.69, 9.17) is 10.2 Å². The molecule has 5 heteroatoms. The zero-order chi connectivity index (χ0) is 11.7. The molecule has 4 nitrogen and oxygen atoms in total. The molecule has 2 aromatic rings. The van der Waals surface area contributed by atoms with Gasteiger partial charge in [-0.1, -0.05) is 30.3 Å². The standard InChI is InChI=1S/C12H8O4.Hg/c13-11(14)9-6-5-7-3-1-2-4-8(7)10(9)12(15)16;/h1-6H,(H,13,14)(H,15,16);. The fraction of sp³-hybridized carbons (Fsp3) is 0. The van der Waals surface area contributed by atoms with Gasteiger partial charge in [0.15, 0.2) is 0 Å². The maximum Gasteiger partial charge on any atom is 0.337 e. The number of hydrogen-bond acceptors (Lipinski definition) is 2. The van der Waals surface area contributed by atoms with Crippen molar-refractivity contribution in [2.45, 2.75) is 0 Å². The van der Waals surface area contributed by atoms with Gasteiger partial charge in [0.05, 0.1) is 11.1 Å². The molecule has 2 aromatic carbocycles. The predicted octanol–water partition coefficient (Wildman–Crippen LogP) is 2.23. The first-order valence-corrected chi connectivity index (χ1v) is 4.59. The van der Waals surface area contributed by atoms with Crippen LogP contribution in [0.4, 0.5) is 0 Å². The quantitative estimate of drug-likeness (QED) is 0.736. The Labute approximate surface area is 117 Å². The second-order valence-corrected chi connectivity index (χ2v) is 3.32. The van der Waals surface area contributed by atoms with Crippen molar-refractivity contribution in [1.29, 1.82) is 0 Å².